The quantitative estimate of drug-likeness (QED) is 0.340. The minimum absolute atomic E-state index is 0. The molecule has 0 N–H and O–H groups in total. The van der Waals surface area contributed by atoms with Crippen LogP contribution in [0.1, 0.15) is 5.56 Å². The molecule has 0 atom stereocenters. The number of hydrogen-bond donors (Lipinski definition) is 0. The first-order valence-corrected chi connectivity index (χ1v) is 7.03. The molecule has 0 radical (unpaired) electrons. The Kier molecular flexibility index (Phi) is 5.67. The van der Waals surface area contributed by atoms with Gasteiger partial charge in [0.2, 0.25) is 0 Å². The van der Waals surface area contributed by atoms with E-state index in [1.54, 1.807) is 12.1 Å². The first-order chi connectivity index (χ1) is 8.87. The summed E-state index contributed by atoms with van der Waals surface area (Å²) in [7, 11) is -4.24. The van der Waals surface area contributed by atoms with Crippen LogP contribution in [-0.2, 0) is 26.1 Å². The van der Waals surface area contributed by atoms with Gasteiger partial charge < -0.3 is 4.55 Å². The molecular weight excluding hydrogens is 293 g/mol. The third-order valence-electron chi connectivity index (χ3n) is 2.64. The van der Waals surface area contributed by atoms with Crippen LogP contribution in [0.4, 0.5) is 5.69 Å². The SMILES string of the molecule is O=C1C=CC(=O)N1c1ccc(CCS(=O)(=O)[O-])cc1.[Na+]. The summed E-state index contributed by atoms with van der Waals surface area (Å²) in [4.78, 5) is 23.9. The van der Waals surface area contributed by atoms with Gasteiger partial charge in [-0.05, 0) is 24.1 Å². The van der Waals surface area contributed by atoms with Crippen molar-refractivity contribution >= 4 is 27.6 Å². The normalized spacial score (nSPS) is 14.6. The number of anilines is 1. The average Bonchev–Trinajstić information content (AvgIpc) is 2.67. The summed E-state index contributed by atoms with van der Waals surface area (Å²) in [6.45, 7) is 0. The monoisotopic (exact) mass is 303 g/mol. The summed E-state index contributed by atoms with van der Waals surface area (Å²) < 4.78 is 31.5. The number of hydrogen-bond acceptors (Lipinski definition) is 5. The van der Waals surface area contributed by atoms with Gasteiger partial charge in [0.05, 0.1) is 15.8 Å². The third-order valence-corrected chi connectivity index (χ3v) is 3.35. The molecule has 1 aliphatic rings. The van der Waals surface area contributed by atoms with E-state index in [0.717, 1.165) is 4.90 Å². The summed E-state index contributed by atoms with van der Waals surface area (Å²) >= 11 is 0. The predicted molar refractivity (Wildman–Crippen MR) is 66.3 cm³/mol. The fourth-order valence-electron chi connectivity index (χ4n) is 1.71. The molecule has 0 aliphatic carbocycles. The van der Waals surface area contributed by atoms with E-state index in [-0.39, 0.29) is 36.0 Å². The Balaban J connectivity index is 0.00000200. The molecule has 0 fully saturated rings. The molecular formula is C12H10NNaO5S. The van der Waals surface area contributed by atoms with E-state index in [0.29, 0.717) is 11.3 Å². The van der Waals surface area contributed by atoms with Crippen molar-refractivity contribution in [2.75, 3.05) is 10.7 Å². The van der Waals surface area contributed by atoms with Gasteiger partial charge >= 0.3 is 29.6 Å². The Morgan fingerprint density at radius 2 is 1.50 bits per heavy atom. The summed E-state index contributed by atoms with van der Waals surface area (Å²) in [5.74, 6) is -1.31. The maximum atomic E-state index is 11.4. The number of carbonyl (C=O) groups is 2. The summed E-state index contributed by atoms with van der Waals surface area (Å²) in [5, 5.41) is 0. The van der Waals surface area contributed by atoms with Crippen LogP contribution < -0.4 is 34.5 Å². The predicted octanol–water partition coefficient (Wildman–Crippen LogP) is -2.79. The topological polar surface area (TPSA) is 94.6 Å². The minimum Gasteiger partial charge on any atom is -0.748 e. The van der Waals surface area contributed by atoms with E-state index in [1.807, 2.05) is 0 Å². The van der Waals surface area contributed by atoms with E-state index in [9.17, 15) is 22.6 Å². The van der Waals surface area contributed by atoms with Crippen molar-refractivity contribution in [1.82, 2.24) is 0 Å². The molecule has 0 spiro atoms. The molecule has 1 aliphatic heterocycles. The fraction of sp³-hybridized carbons (Fsp3) is 0.167. The van der Waals surface area contributed by atoms with Crippen molar-refractivity contribution in [3.05, 3.63) is 42.0 Å². The summed E-state index contributed by atoms with van der Waals surface area (Å²) in [6, 6.07) is 6.24. The van der Waals surface area contributed by atoms with Gasteiger partial charge in [-0.1, -0.05) is 12.1 Å². The van der Waals surface area contributed by atoms with E-state index in [1.165, 1.54) is 24.3 Å². The molecule has 2 rings (SSSR count). The third kappa shape index (κ3) is 4.26. The molecule has 100 valence electrons. The number of benzene rings is 1. The molecule has 2 amide bonds. The van der Waals surface area contributed by atoms with Crippen LogP contribution in [0.2, 0.25) is 0 Å². The van der Waals surface area contributed by atoms with E-state index in [2.05, 4.69) is 0 Å². The molecule has 0 bridgehead atoms. The number of nitrogens with zero attached hydrogens (tertiary/aromatic N) is 1. The van der Waals surface area contributed by atoms with Gasteiger partial charge in [-0.3, -0.25) is 9.59 Å². The van der Waals surface area contributed by atoms with Crippen LogP contribution in [0.5, 0.6) is 0 Å². The molecule has 0 saturated carbocycles. The Labute approximate surface area is 138 Å². The first kappa shape index (κ1) is 17.1. The standard InChI is InChI=1S/C12H11NO5S.Na/c14-11-5-6-12(15)13(11)10-3-1-9(2-4-10)7-8-19(16,17)18;/h1-6H,7-8H2,(H,16,17,18);/q;+1/p-1. The molecule has 0 saturated heterocycles. The average molecular weight is 303 g/mol. The van der Waals surface area contributed by atoms with Gasteiger partial charge in [-0.25, -0.2) is 13.3 Å². The van der Waals surface area contributed by atoms with Gasteiger partial charge in [-0.2, -0.15) is 0 Å². The second-order valence-corrected chi connectivity index (χ2v) is 5.55. The van der Waals surface area contributed by atoms with Gasteiger partial charge in [-0.15, -0.1) is 0 Å². The molecule has 8 heteroatoms. The smallest absolute Gasteiger partial charge is 0.748 e. The van der Waals surface area contributed by atoms with Crippen LogP contribution in [0, 0.1) is 0 Å². The molecule has 0 unspecified atom stereocenters. The molecule has 1 heterocycles. The van der Waals surface area contributed by atoms with Crippen molar-refractivity contribution in [3.63, 3.8) is 0 Å². The van der Waals surface area contributed by atoms with Crippen LogP contribution >= 0.6 is 0 Å². The molecule has 20 heavy (non-hydrogen) atoms. The Morgan fingerprint density at radius 1 is 1.00 bits per heavy atom. The van der Waals surface area contributed by atoms with E-state index < -0.39 is 27.7 Å². The van der Waals surface area contributed by atoms with Gasteiger partial charge in [0.25, 0.3) is 11.8 Å². The number of amides is 2. The molecule has 0 aromatic heterocycles. The summed E-state index contributed by atoms with van der Waals surface area (Å²) in [5.41, 5.74) is 1.06. The van der Waals surface area contributed by atoms with Crippen LogP contribution in [0.15, 0.2) is 36.4 Å². The van der Waals surface area contributed by atoms with Crippen molar-refractivity contribution in [3.8, 4) is 0 Å². The minimum atomic E-state index is -4.24. The second kappa shape index (κ2) is 6.64. The van der Waals surface area contributed by atoms with Crippen molar-refractivity contribution in [2.24, 2.45) is 0 Å². The maximum absolute atomic E-state index is 11.4. The maximum Gasteiger partial charge on any atom is 1.00 e. The Morgan fingerprint density at radius 3 is 1.95 bits per heavy atom. The number of aryl methyl sites for hydroxylation is 1. The second-order valence-electron chi connectivity index (χ2n) is 4.02. The van der Waals surface area contributed by atoms with Crippen LogP contribution in [0.25, 0.3) is 0 Å². The zero-order valence-electron chi connectivity index (χ0n) is 10.8. The van der Waals surface area contributed by atoms with Crippen LogP contribution in [-0.4, -0.2) is 30.5 Å². The Bertz CT molecular complexity index is 633. The number of rotatable bonds is 4. The molecule has 6 nitrogen and oxygen atoms in total. The van der Waals surface area contributed by atoms with E-state index >= 15 is 0 Å². The Hall–Kier alpha value is -0.990. The van der Waals surface area contributed by atoms with E-state index in [4.69, 9.17) is 0 Å². The molecule has 1 aromatic rings. The van der Waals surface area contributed by atoms with Crippen molar-refractivity contribution in [1.29, 1.82) is 0 Å². The molecule has 1 aromatic carbocycles. The number of imide groups is 1. The van der Waals surface area contributed by atoms with Crippen molar-refractivity contribution in [2.45, 2.75) is 6.42 Å². The first-order valence-electron chi connectivity index (χ1n) is 5.45. The fourth-order valence-corrected chi connectivity index (χ4v) is 2.19. The van der Waals surface area contributed by atoms with Gasteiger partial charge in [0, 0.05) is 17.9 Å². The zero-order chi connectivity index (χ0) is 14.0. The largest absolute Gasteiger partial charge is 1.00 e. The summed E-state index contributed by atoms with van der Waals surface area (Å²) in [6.07, 6.45) is 2.47. The van der Waals surface area contributed by atoms with Crippen LogP contribution in [0.3, 0.4) is 0 Å². The van der Waals surface area contributed by atoms with Gasteiger partial charge in [0.1, 0.15) is 0 Å². The zero-order valence-corrected chi connectivity index (χ0v) is 13.6. The van der Waals surface area contributed by atoms with Gasteiger partial charge in [0.15, 0.2) is 0 Å². The van der Waals surface area contributed by atoms with Crippen molar-refractivity contribution < 1.29 is 52.1 Å². The number of carbonyl (C=O) groups excluding carboxylic acids is 2.